The van der Waals surface area contributed by atoms with Crippen LogP contribution in [0, 0.1) is 17.8 Å². The second-order valence-corrected chi connectivity index (χ2v) is 6.68. The van der Waals surface area contributed by atoms with Gasteiger partial charge in [-0.25, -0.2) is 4.79 Å². The summed E-state index contributed by atoms with van der Waals surface area (Å²) in [6.07, 6.45) is 5.80. The third kappa shape index (κ3) is 3.38. The molecule has 0 aromatic heterocycles. The van der Waals surface area contributed by atoms with E-state index in [1.165, 1.54) is 31.2 Å². The van der Waals surface area contributed by atoms with E-state index in [0.717, 1.165) is 30.0 Å². The first kappa shape index (κ1) is 14.4. The van der Waals surface area contributed by atoms with Crippen LogP contribution in [0.5, 0.6) is 0 Å². The molecule has 2 aliphatic carbocycles. The van der Waals surface area contributed by atoms with Crippen LogP contribution in [0.25, 0.3) is 0 Å². The van der Waals surface area contributed by atoms with Crippen LogP contribution in [0.2, 0.25) is 0 Å². The zero-order valence-electron chi connectivity index (χ0n) is 12.6. The van der Waals surface area contributed by atoms with Gasteiger partial charge in [-0.1, -0.05) is 18.6 Å². The number of amides is 2. The van der Waals surface area contributed by atoms with Gasteiger partial charge in [0, 0.05) is 11.7 Å². The number of fused-ring (bicyclic) bond motifs is 2. The summed E-state index contributed by atoms with van der Waals surface area (Å²) in [5, 5.41) is 6.26. The number of benzene rings is 1. The Bertz CT molecular complexity index is 499. The van der Waals surface area contributed by atoms with E-state index in [2.05, 4.69) is 17.6 Å². The lowest BCUT2D eigenvalue weighted by Crippen LogP contribution is -2.28. The van der Waals surface area contributed by atoms with E-state index in [-0.39, 0.29) is 0 Å². The SMILES string of the molecule is CC(NCC1CC2CCC1C2)c1ccc(NC(N)=O)cc1. The number of hydrogen-bond acceptors (Lipinski definition) is 2. The lowest BCUT2D eigenvalue weighted by Gasteiger charge is -2.24. The Labute approximate surface area is 126 Å². The fourth-order valence-corrected chi connectivity index (χ4v) is 4.07. The third-order valence-corrected chi connectivity index (χ3v) is 5.25. The van der Waals surface area contributed by atoms with Gasteiger partial charge in [0.05, 0.1) is 0 Å². The van der Waals surface area contributed by atoms with Crippen molar-refractivity contribution in [2.24, 2.45) is 23.5 Å². The fraction of sp³-hybridized carbons (Fsp3) is 0.588. The zero-order chi connectivity index (χ0) is 14.8. The average molecular weight is 287 g/mol. The Morgan fingerprint density at radius 3 is 2.62 bits per heavy atom. The average Bonchev–Trinajstić information content (AvgIpc) is 3.07. The molecule has 1 aromatic rings. The number of primary amides is 1. The number of hydrogen-bond donors (Lipinski definition) is 3. The molecule has 2 amide bonds. The number of nitrogens with one attached hydrogen (secondary N) is 2. The monoisotopic (exact) mass is 287 g/mol. The molecule has 4 nitrogen and oxygen atoms in total. The first-order valence-electron chi connectivity index (χ1n) is 8.01. The zero-order valence-corrected chi connectivity index (χ0v) is 12.6. The van der Waals surface area contributed by atoms with Crippen LogP contribution in [0.1, 0.15) is 44.2 Å². The number of urea groups is 1. The predicted molar refractivity (Wildman–Crippen MR) is 85.0 cm³/mol. The molecule has 2 fully saturated rings. The molecule has 0 saturated heterocycles. The van der Waals surface area contributed by atoms with Gasteiger partial charge in [-0.3, -0.25) is 0 Å². The van der Waals surface area contributed by atoms with E-state index in [4.69, 9.17) is 5.73 Å². The van der Waals surface area contributed by atoms with Crippen LogP contribution in [0.15, 0.2) is 24.3 Å². The second kappa shape index (κ2) is 6.06. The standard InChI is InChI=1S/C17H25N3O/c1-11(13-4-6-16(7-5-13)20-17(18)21)19-10-15-9-12-2-3-14(15)8-12/h4-7,11-12,14-15,19H,2-3,8-10H2,1H3,(H3,18,20,21). The van der Waals surface area contributed by atoms with Gasteiger partial charge >= 0.3 is 6.03 Å². The Morgan fingerprint density at radius 2 is 2.05 bits per heavy atom. The van der Waals surface area contributed by atoms with Gasteiger partial charge in [-0.2, -0.15) is 0 Å². The van der Waals surface area contributed by atoms with Crippen LogP contribution >= 0.6 is 0 Å². The number of nitrogens with two attached hydrogens (primary N) is 1. The normalized spacial score (nSPS) is 28.5. The molecule has 0 aliphatic heterocycles. The molecule has 0 spiro atoms. The van der Waals surface area contributed by atoms with Gasteiger partial charge < -0.3 is 16.4 Å². The summed E-state index contributed by atoms with van der Waals surface area (Å²) in [4.78, 5) is 10.8. The van der Waals surface area contributed by atoms with E-state index in [9.17, 15) is 4.79 Å². The maximum Gasteiger partial charge on any atom is 0.316 e. The molecule has 0 radical (unpaired) electrons. The number of carbonyl (C=O) groups excluding carboxylic acids is 1. The lowest BCUT2D eigenvalue weighted by atomic mass is 9.88. The first-order valence-corrected chi connectivity index (χ1v) is 8.01. The molecule has 2 aliphatic rings. The van der Waals surface area contributed by atoms with Crippen LogP contribution in [-0.2, 0) is 0 Å². The van der Waals surface area contributed by atoms with Gasteiger partial charge in [0.1, 0.15) is 0 Å². The highest BCUT2D eigenvalue weighted by Gasteiger charge is 2.39. The van der Waals surface area contributed by atoms with Gasteiger partial charge in [0.15, 0.2) is 0 Å². The van der Waals surface area contributed by atoms with Crippen LogP contribution in [0.3, 0.4) is 0 Å². The second-order valence-electron chi connectivity index (χ2n) is 6.68. The molecule has 4 atom stereocenters. The maximum atomic E-state index is 10.8. The minimum absolute atomic E-state index is 0.340. The molecule has 2 saturated carbocycles. The quantitative estimate of drug-likeness (QED) is 0.778. The van der Waals surface area contributed by atoms with Crippen LogP contribution in [-0.4, -0.2) is 12.6 Å². The highest BCUT2D eigenvalue weighted by atomic mass is 16.2. The Balaban J connectivity index is 1.50. The van der Waals surface area contributed by atoms with Gasteiger partial charge in [-0.05, 0) is 68.2 Å². The molecule has 1 aromatic carbocycles. The number of carbonyl (C=O) groups is 1. The largest absolute Gasteiger partial charge is 0.351 e. The molecule has 4 unspecified atom stereocenters. The number of rotatable bonds is 5. The van der Waals surface area contributed by atoms with Crippen molar-refractivity contribution in [3.8, 4) is 0 Å². The first-order chi connectivity index (χ1) is 10.1. The summed E-state index contributed by atoms with van der Waals surface area (Å²) < 4.78 is 0. The Morgan fingerprint density at radius 1 is 1.29 bits per heavy atom. The number of anilines is 1. The van der Waals surface area contributed by atoms with Crippen molar-refractivity contribution in [1.82, 2.24) is 5.32 Å². The van der Waals surface area contributed by atoms with Gasteiger partial charge in [0.2, 0.25) is 0 Å². The molecule has 3 rings (SSSR count). The molecule has 0 heterocycles. The summed E-state index contributed by atoms with van der Waals surface area (Å²) in [6.45, 7) is 3.33. The van der Waals surface area contributed by atoms with Crippen molar-refractivity contribution in [2.75, 3.05) is 11.9 Å². The van der Waals surface area contributed by atoms with Crippen molar-refractivity contribution in [3.63, 3.8) is 0 Å². The summed E-state index contributed by atoms with van der Waals surface area (Å²) in [5.41, 5.74) is 7.09. The van der Waals surface area contributed by atoms with E-state index in [1.54, 1.807) is 0 Å². The molecule has 21 heavy (non-hydrogen) atoms. The van der Waals surface area contributed by atoms with Crippen LogP contribution in [0.4, 0.5) is 10.5 Å². The molecule has 4 N–H and O–H groups in total. The topological polar surface area (TPSA) is 67.2 Å². The maximum absolute atomic E-state index is 10.8. The van der Waals surface area contributed by atoms with Crippen LogP contribution < -0.4 is 16.4 Å². The Kier molecular flexibility index (Phi) is 4.15. The highest BCUT2D eigenvalue weighted by molar-refractivity contribution is 5.87. The van der Waals surface area contributed by atoms with Crippen molar-refractivity contribution >= 4 is 11.7 Å². The van der Waals surface area contributed by atoms with E-state index < -0.39 is 6.03 Å². The molecule has 114 valence electrons. The summed E-state index contributed by atoms with van der Waals surface area (Å²) in [7, 11) is 0. The summed E-state index contributed by atoms with van der Waals surface area (Å²) >= 11 is 0. The summed E-state index contributed by atoms with van der Waals surface area (Å²) in [5.74, 6) is 2.86. The van der Waals surface area contributed by atoms with Gasteiger partial charge in [-0.15, -0.1) is 0 Å². The molecule has 4 heteroatoms. The summed E-state index contributed by atoms with van der Waals surface area (Å²) in [6, 6.07) is 7.70. The minimum Gasteiger partial charge on any atom is -0.351 e. The van der Waals surface area contributed by atoms with E-state index in [1.807, 2.05) is 24.3 Å². The van der Waals surface area contributed by atoms with Crippen molar-refractivity contribution in [3.05, 3.63) is 29.8 Å². The van der Waals surface area contributed by atoms with Crippen molar-refractivity contribution in [2.45, 2.75) is 38.6 Å². The van der Waals surface area contributed by atoms with E-state index in [0.29, 0.717) is 6.04 Å². The molecular formula is C17H25N3O. The fourth-order valence-electron chi connectivity index (χ4n) is 4.07. The smallest absolute Gasteiger partial charge is 0.316 e. The predicted octanol–water partition coefficient (Wildman–Crippen LogP) is 3.26. The van der Waals surface area contributed by atoms with E-state index >= 15 is 0 Å². The van der Waals surface area contributed by atoms with Gasteiger partial charge in [0.25, 0.3) is 0 Å². The lowest BCUT2D eigenvalue weighted by molar-refractivity contribution is 0.259. The molecular weight excluding hydrogens is 262 g/mol. The third-order valence-electron chi connectivity index (χ3n) is 5.25. The Hall–Kier alpha value is -1.55. The minimum atomic E-state index is -0.523. The van der Waals surface area contributed by atoms with Crippen molar-refractivity contribution in [1.29, 1.82) is 0 Å². The molecule has 2 bridgehead atoms. The highest BCUT2D eigenvalue weighted by Crippen LogP contribution is 2.48. The van der Waals surface area contributed by atoms with Crippen molar-refractivity contribution < 1.29 is 4.79 Å².